The predicted octanol–water partition coefficient (Wildman–Crippen LogP) is 5.41. The van der Waals surface area contributed by atoms with Crippen molar-refractivity contribution in [2.75, 3.05) is 40.0 Å². The maximum absolute atomic E-state index is 6.24. The summed E-state index contributed by atoms with van der Waals surface area (Å²) in [4.78, 5) is 2.30. The number of ether oxygens (including phenoxy) is 1. The van der Waals surface area contributed by atoms with E-state index in [2.05, 4.69) is 75.5 Å². The largest absolute Gasteiger partial charge is 0.416 e. The predicted molar refractivity (Wildman–Crippen MR) is 117 cm³/mol. The van der Waals surface area contributed by atoms with Crippen molar-refractivity contribution in [3.63, 3.8) is 0 Å². The van der Waals surface area contributed by atoms with E-state index >= 15 is 0 Å². The lowest BCUT2D eigenvalue weighted by Crippen LogP contribution is -2.42. The minimum absolute atomic E-state index is 0.278. The highest BCUT2D eigenvalue weighted by molar-refractivity contribution is 7.17. The summed E-state index contributed by atoms with van der Waals surface area (Å²) in [5.41, 5.74) is 1.35. The van der Waals surface area contributed by atoms with Crippen LogP contribution in [-0.2, 0) is 15.6 Å². The normalized spacial score (nSPS) is 13.0. The fraction of sp³-hybridized carbons (Fsp3) is 0.619. The van der Waals surface area contributed by atoms with Crippen molar-refractivity contribution in [3.05, 3.63) is 35.2 Å². The zero-order chi connectivity index (χ0) is 19.2. The zero-order valence-electron chi connectivity index (χ0n) is 17.3. The molecule has 0 saturated heterocycles. The van der Waals surface area contributed by atoms with Crippen molar-refractivity contribution in [1.82, 2.24) is 4.90 Å². The Kier molecular flexibility index (Phi) is 7.86. The number of hydrogen-bond acceptors (Lipinski definition) is 4. The van der Waals surface area contributed by atoms with Crippen molar-refractivity contribution >= 4 is 29.7 Å². The van der Waals surface area contributed by atoms with Crippen LogP contribution >= 0.6 is 11.3 Å². The molecule has 0 radical (unpaired) electrons. The van der Waals surface area contributed by atoms with Crippen LogP contribution < -0.4 is 0 Å². The van der Waals surface area contributed by atoms with Gasteiger partial charge in [-0.1, -0.05) is 32.9 Å². The molecule has 146 valence electrons. The Balaban J connectivity index is 1.57. The van der Waals surface area contributed by atoms with Gasteiger partial charge in [0.05, 0.1) is 13.2 Å². The molecule has 1 aromatic heterocycles. The van der Waals surface area contributed by atoms with Gasteiger partial charge in [0, 0.05) is 24.4 Å². The summed E-state index contributed by atoms with van der Waals surface area (Å²) in [6, 6.07) is 8.89. The maximum atomic E-state index is 6.24. The standard InChI is InChI=1S/C21H35NO2SSi/c1-21(2,3)26(5,6)24-15-12-22(4)11-14-23-13-9-18-7-8-20-19(17-18)10-16-25-20/h7-8,10,16-17H,9,11-15H2,1-6H3. The highest BCUT2D eigenvalue weighted by atomic mass is 32.1. The molecule has 3 nitrogen and oxygen atoms in total. The first-order valence-electron chi connectivity index (χ1n) is 9.55. The SMILES string of the molecule is CN(CCOCCc1ccc2sccc2c1)CCO[Si](C)(C)C(C)(C)C. The number of rotatable bonds is 10. The van der Waals surface area contributed by atoms with E-state index in [-0.39, 0.29) is 5.04 Å². The summed E-state index contributed by atoms with van der Waals surface area (Å²) in [5.74, 6) is 0. The van der Waals surface area contributed by atoms with Gasteiger partial charge in [-0.25, -0.2) is 0 Å². The molecule has 0 aliphatic carbocycles. The number of fused-ring (bicyclic) bond motifs is 1. The molecule has 26 heavy (non-hydrogen) atoms. The maximum Gasteiger partial charge on any atom is 0.192 e. The van der Waals surface area contributed by atoms with Crippen molar-refractivity contribution in [2.45, 2.75) is 45.3 Å². The molecule has 0 fully saturated rings. The lowest BCUT2D eigenvalue weighted by atomic mass is 10.1. The van der Waals surface area contributed by atoms with Gasteiger partial charge in [0.2, 0.25) is 0 Å². The first kappa shape index (κ1) is 21.6. The third-order valence-corrected chi connectivity index (χ3v) is 10.8. The van der Waals surface area contributed by atoms with Crippen LogP contribution in [0.1, 0.15) is 26.3 Å². The first-order chi connectivity index (χ1) is 12.2. The van der Waals surface area contributed by atoms with Gasteiger partial charge in [-0.3, -0.25) is 0 Å². The molecule has 1 heterocycles. The molecule has 0 aliphatic rings. The highest BCUT2D eigenvalue weighted by Crippen LogP contribution is 2.36. The second-order valence-corrected chi connectivity index (χ2v) is 14.3. The van der Waals surface area contributed by atoms with Crippen LogP contribution in [-0.4, -0.2) is 53.2 Å². The Morgan fingerprint density at radius 3 is 2.50 bits per heavy atom. The summed E-state index contributed by atoms with van der Waals surface area (Å²) < 4.78 is 13.4. The molecule has 0 saturated carbocycles. The number of benzene rings is 1. The summed E-state index contributed by atoms with van der Waals surface area (Å²) in [5, 5.41) is 3.77. The molecule has 0 amide bonds. The molecule has 5 heteroatoms. The Bertz CT molecular complexity index is 678. The summed E-state index contributed by atoms with van der Waals surface area (Å²) in [7, 11) is 0.517. The first-order valence-corrected chi connectivity index (χ1v) is 13.3. The van der Waals surface area contributed by atoms with E-state index in [1.165, 1.54) is 15.6 Å². The Morgan fingerprint density at radius 1 is 1.04 bits per heavy atom. The molecule has 2 aromatic rings. The summed E-state index contributed by atoms with van der Waals surface area (Å²) in [6.07, 6.45) is 0.976. The minimum Gasteiger partial charge on any atom is -0.416 e. The van der Waals surface area contributed by atoms with E-state index in [1.807, 2.05) is 0 Å². The van der Waals surface area contributed by atoms with Gasteiger partial charge in [0.15, 0.2) is 8.32 Å². The van der Waals surface area contributed by atoms with Crippen LogP contribution in [0.25, 0.3) is 10.1 Å². The Morgan fingerprint density at radius 2 is 1.77 bits per heavy atom. The van der Waals surface area contributed by atoms with Gasteiger partial charge in [-0.2, -0.15) is 0 Å². The molecular weight excluding hydrogens is 358 g/mol. The molecule has 0 unspecified atom stereocenters. The molecule has 0 atom stereocenters. The third-order valence-electron chi connectivity index (χ3n) is 5.41. The van der Waals surface area contributed by atoms with E-state index < -0.39 is 8.32 Å². The van der Waals surface area contributed by atoms with Crippen LogP contribution in [0.5, 0.6) is 0 Å². The highest BCUT2D eigenvalue weighted by Gasteiger charge is 2.36. The number of hydrogen-bond donors (Lipinski definition) is 0. The van der Waals surface area contributed by atoms with Gasteiger partial charge in [0.25, 0.3) is 0 Å². The fourth-order valence-electron chi connectivity index (χ4n) is 2.47. The lowest BCUT2D eigenvalue weighted by molar-refractivity contribution is 0.108. The van der Waals surface area contributed by atoms with Crippen molar-refractivity contribution in [1.29, 1.82) is 0 Å². The van der Waals surface area contributed by atoms with Crippen molar-refractivity contribution < 1.29 is 9.16 Å². The third kappa shape index (κ3) is 6.46. The fourth-order valence-corrected chi connectivity index (χ4v) is 4.27. The quantitative estimate of drug-likeness (QED) is 0.398. The van der Waals surface area contributed by atoms with Crippen LogP contribution in [0.2, 0.25) is 18.1 Å². The lowest BCUT2D eigenvalue weighted by Gasteiger charge is -2.36. The smallest absolute Gasteiger partial charge is 0.192 e. The molecule has 0 aliphatic heterocycles. The average molecular weight is 394 g/mol. The Labute approximate surface area is 164 Å². The number of nitrogens with zero attached hydrogens (tertiary/aromatic N) is 1. The van der Waals surface area contributed by atoms with Gasteiger partial charge in [-0.15, -0.1) is 11.3 Å². The van der Waals surface area contributed by atoms with E-state index in [4.69, 9.17) is 9.16 Å². The van der Waals surface area contributed by atoms with E-state index in [0.717, 1.165) is 39.3 Å². The van der Waals surface area contributed by atoms with Gasteiger partial charge < -0.3 is 14.1 Å². The van der Waals surface area contributed by atoms with Gasteiger partial charge in [0.1, 0.15) is 0 Å². The minimum atomic E-state index is -1.62. The number of likely N-dealkylation sites (N-methyl/N-ethyl adjacent to an activating group) is 1. The second-order valence-electron chi connectivity index (χ2n) is 8.57. The van der Waals surface area contributed by atoms with Crippen LogP contribution in [0, 0.1) is 0 Å². The molecule has 2 rings (SSSR count). The topological polar surface area (TPSA) is 21.7 Å². The van der Waals surface area contributed by atoms with Crippen LogP contribution in [0.15, 0.2) is 29.6 Å². The van der Waals surface area contributed by atoms with Crippen LogP contribution in [0.4, 0.5) is 0 Å². The van der Waals surface area contributed by atoms with Gasteiger partial charge in [-0.05, 0) is 60.1 Å². The molecule has 0 bridgehead atoms. The molecule has 0 spiro atoms. The van der Waals surface area contributed by atoms with Crippen molar-refractivity contribution in [2.24, 2.45) is 0 Å². The average Bonchev–Trinajstić information content (AvgIpc) is 3.01. The zero-order valence-corrected chi connectivity index (χ0v) is 19.1. The molecule has 0 N–H and O–H groups in total. The van der Waals surface area contributed by atoms with Gasteiger partial charge >= 0.3 is 0 Å². The van der Waals surface area contributed by atoms with E-state index in [9.17, 15) is 0 Å². The molecular formula is C21H35NO2SSi. The monoisotopic (exact) mass is 393 g/mol. The molecule has 1 aromatic carbocycles. The van der Waals surface area contributed by atoms with Crippen molar-refractivity contribution in [3.8, 4) is 0 Å². The van der Waals surface area contributed by atoms with Crippen LogP contribution in [0.3, 0.4) is 0 Å². The van der Waals surface area contributed by atoms with E-state index in [1.54, 1.807) is 11.3 Å². The summed E-state index contributed by atoms with van der Waals surface area (Å²) >= 11 is 1.80. The van der Waals surface area contributed by atoms with E-state index in [0.29, 0.717) is 0 Å². The summed E-state index contributed by atoms with van der Waals surface area (Å²) in [6.45, 7) is 15.8. The second kappa shape index (κ2) is 9.47. The Hall–Kier alpha value is -0.723. The number of thiophene rings is 1.